The number of carbonyl (C=O) groups is 1. The normalized spacial score (nSPS) is 16.8. The fourth-order valence-corrected chi connectivity index (χ4v) is 2.07. The highest BCUT2D eigenvalue weighted by molar-refractivity contribution is 6.41. The number of hydrogen-bond donors (Lipinski definition) is 2. The number of likely N-dealkylation sites (N-methyl/N-ethyl adjacent to an activating group) is 1. The molecular formula is C14H13FN4O3. The Kier molecular flexibility index (Phi) is 4.02. The van der Waals surface area contributed by atoms with Gasteiger partial charge in [0.1, 0.15) is 5.82 Å². The lowest BCUT2D eigenvalue weighted by Gasteiger charge is -2.24. The van der Waals surface area contributed by atoms with E-state index < -0.39 is 16.6 Å². The van der Waals surface area contributed by atoms with Crippen LogP contribution in [0.5, 0.6) is 0 Å². The highest BCUT2D eigenvalue weighted by atomic mass is 19.1. The predicted octanol–water partition coefficient (Wildman–Crippen LogP) is 1.67. The Hall–Kier alpha value is -3.03. The number of hydrogen-bond acceptors (Lipinski definition) is 5. The molecule has 0 bridgehead atoms. The van der Waals surface area contributed by atoms with Gasteiger partial charge in [-0.15, -0.1) is 0 Å². The zero-order chi connectivity index (χ0) is 16.4. The molecule has 0 aliphatic carbocycles. The lowest BCUT2D eigenvalue weighted by molar-refractivity contribution is -0.384. The van der Waals surface area contributed by atoms with Crippen molar-refractivity contribution in [2.45, 2.75) is 0 Å². The van der Waals surface area contributed by atoms with Gasteiger partial charge in [-0.05, 0) is 6.07 Å². The molecule has 2 rings (SSSR count). The Balaban J connectivity index is 2.61. The van der Waals surface area contributed by atoms with Crippen molar-refractivity contribution in [3.8, 4) is 0 Å². The van der Waals surface area contributed by atoms with Gasteiger partial charge in [-0.2, -0.15) is 0 Å². The molecule has 2 N–H and O–H groups in total. The molecule has 0 aromatic heterocycles. The molecule has 114 valence electrons. The third-order valence-electron chi connectivity index (χ3n) is 3.15. The van der Waals surface area contributed by atoms with Crippen LogP contribution in [0.15, 0.2) is 36.2 Å². The highest BCUT2D eigenvalue weighted by Gasteiger charge is 2.29. The first-order chi connectivity index (χ1) is 10.4. The van der Waals surface area contributed by atoms with Crippen molar-refractivity contribution in [2.24, 2.45) is 0 Å². The van der Waals surface area contributed by atoms with Gasteiger partial charge in [0.25, 0.3) is 11.6 Å². The minimum Gasteiger partial charge on any atom is -0.393 e. The standard InChI is InChI=1S/C14H13FN4O3/c1-17-6-10-13(16)11(7-18(2)14(10)20)9-5-8(19(21)22)3-4-12(9)15/h3-7,16-17H,1-2H3/b10-6+,16-13?. The van der Waals surface area contributed by atoms with Gasteiger partial charge in [0, 0.05) is 49.8 Å². The van der Waals surface area contributed by atoms with E-state index in [0.29, 0.717) is 0 Å². The molecule has 8 heteroatoms. The molecule has 0 saturated carbocycles. The Morgan fingerprint density at radius 1 is 1.45 bits per heavy atom. The molecule has 7 nitrogen and oxygen atoms in total. The molecule has 0 unspecified atom stereocenters. The topological polar surface area (TPSA) is 99.3 Å². The Morgan fingerprint density at radius 3 is 2.73 bits per heavy atom. The van der Waals surface area contributed by atoms with Crippen LogP contribution in [-0.2, 0) is 4.79 Å². The lowest BCUT2D eigenvalue weighted by Crippen LogP contribution is -2.33. The molecular weight excluding hydrogens is 291 g/mol. The molecule has 0 atom stereocenters. The number of rotatable bonds is 3. The van der Waals surface area contributed by atoms with Crippen molar-refractivity contribution in [1.29, 1.82) is 5.41 Å². The molecule has 1 aromatic carbocycles. The SMILES string of the molecule is CN/C=C1\C(=N)C(c2cc([N+](=O)[O-])ccc2F)=CN(C)C1=O. The van der Waals surface area contributed by atoms with Crippen LogP contribution >= 0.6 is 0 Å². The third kappa shape index (κ3) is 2.58. The third-order valence-corrected chi connectivity index (χ3v) is 3.15. The van der Waals surface area contributed by atoms with Crippen LogP contribution in [0.4, 0.5) is 10.1 Å². The van der Waals surface area contributed by atoms with Gasteiger partial charge in [0.2, 0.25) is 0 Å². The Morgan fingerprint density at radius 2 is 2.14 bits per heavy atom. The number of nitro benzene ring substituents is 1. The molecule has 1 amide bonds. The van der Waals surface area contributed by atoms with Gasteiger partial charge >= 0.3 is 0 Å². The summed E-state index contributed by atoms with van der Waals surface area (Å²) in [5.41, 5.74) is -0.431. The summed E-state index contributed by atoms with van der Waals surface area (Å²) in [5, 5.41) is 21.6. The number of nitro groups is 1. The molecule has 0 radical (unpaired) electrons. The monoisotopic (exact) mass is 304 g/mol. The summed E-state index contributed by atoms with van der Waals surface area (Å²) in [5.74, 6) is -1.12. The van der Waals surface area contributed by atoms with Crippen molar-refractivity contribution in [3.05, 3.63) is 57.7 Å². The number of halogens is 1. The first kappa shape index (κ1) is 15.4. The smallest absolute Gasteiger partial charge is 0.270 e. The minimum absolute atomic E-state index is 0.0495. The van der Waals surface area contributed by atoms with Crippen molar-refractivity contribution in [1.82, 2.24) is 10.2 Å². The summed E-state index contributed by atoms with van der Waals surface area (Å²) >= 11 is 0. The zero-order valence-corrected chi connectivity index (χ0v) is 11.9. The van der Waals surface area contributed by atoms with Crippen LogP contribution in [0.3, 0.4) is 0 Å². The van der Waals surface area contributed by atoms with Crippen LogP contribution in [0, 0.1) is 21.3 Å². The van der Waals surface area contributed by atoms with E-state index in [1.54, 1.807) is 7.05 Å². The molecule has 0 saturated heterocycles. The number of carbonyl (C=O) groups excluding carboxylic acids is 1. The van der Waals surface area contributed by atoms with Gasteiger partial charge in [0.05, 0.1) is 16.2 Å². The van der Waals surface area contributed by atoms with E-state index in [2.05, 4.69) is 5.32 Å². The second-order valence-corrected chi connectivity index (χ2v) is 4.60. The van der Waals surface area contributed by atoms with Crippen LogP contribution in [0.25, 0.3) is 5.57 Å². The van der Waals surface area contributed by atoms with Gasteiger partial charge in [-0.1, -0.05) is 0 Å². The molecule has 1 aliphatic rings. The predicted molar refractivity (Wildman–Crippen MR) is 78.7 cm³/mol. The van der Waals surface area contributed by atoms with E-state index in [-0.39, 0.29) is 28.1 Å². The minimum atomic E-state index is -0.701. The van der Waals surface area contributed by atoms with E-state index in [1.165, 1.54) is 24.3 Å². The average molecular weight is 304 g/mol. The van der Waals surface area contributed by atoms with Crippen molar-refractivity contribution in [3.63, 3.8) is 0 Å². The molecule has 22 heavy (non-hydrogen) atoms. The summed E-state index contributed by atoms with van der Waals surface area (Å²) < 4.78 is 14.0. The summed E-state index contributed by atoms with van der Waals surface area (Å²) in [7, 11) is 3.03. The highest BCUT2D eigenvalue weighted by Crippen LogP contribution is 2.29. The summed E-state index contributed by atoms with van der Waals surface area (Å²) in [6.45, 7) is 0. The quantitative estimate of drug-likeness (QED) is 0.504. The lowest BCUT2D eigenvalue weighted by atomic mass is 9.93. The first-order valence-electron chi connectivity index (χ1n) is 6.26. The number of nitrogens with one attached hydrogen (secondary N) is 2. The Bertz CT molecular complexity index is 740. The number of non-ortho nitro benzene ring substituents is 1. The van der Waals surface area contributed by atoms with Crippen LogP contribution < -0.4 is 5.32 Å². The summed E-state index contributed by atoms with van der Waals surface area (Å²) in [6.07, 6.45) is 2.63. The molecule has 0 fully saturated rings. The fourth-order valence-electron chi connectivity index (χ4n) is 2.07. The summed E-state index contributed by atoms with van der Waals surface area (Å²) in [6, 6.07) is 3.07. The van der Waals surface area contributed by atoms with E-state index in [0.717, 1.165) is 18.2 Å². The summed E-state index contributed by atoms with van der Waals surface area (Å²) in [4.78, 5) is 23.4. The zero-order valence-electron chi connectivity index (χ0n) is 11.9. The van der Waals surface area contributed by atoms with Gasteiger partial charge in [0.15, 0.2) is 0 Å². The number of nitrogens with zero attached hydrogens (tertiary/aromatic N) is 2. The van der Waals surface area contributed by atoms with Crippen molar-refractivity contribution in [2.75, 3.05) is 14.1 Å². The Labute approximate surface area is 125 Å². The van der Waals surface area contributed by atoms with E-state index in [1.807, 2.05) is 0 Å². The average Bonchev–Trinajstić information content (AvgIpc) is 2.48. The number of amides is 1. The second kappa shape index (κ2) is 5.76. The van der Waals surface area contributed by atoms with Crippen LogP contribution in [0.1, 0.15) is 5.56 Å². The van der Waals surface area contributed by atoms with Gasteiger partial charge in [-0.25, -0.2) is 4.39 Å². The van der Waals surface area contributed by atoms with Gasteiger partial charge < -0.3 is 10.2 Å². The maximum atomic E-state index is 14.0. The number of benzene rings is 1. The molecule has 1 aromatic rings. The van der Waals surface area contributed by atoms with E-state index >= 15 is 0 Å². The molecule has 0 spiro atoms. The maximum absolute atomic E-state index is 14.0. The first-order valence-corrected chi connectivity index (χ1v) is 6.26. The van der Waals surface area contributed by atoms with Crippen molar-refractivity contribution >= 4 is 22.9 Å². The van der Waals surface area contributed by atoms with E-state index in [4.69, 9.17) is 5.41 Å². The fraction of sp³-hybridized carbons (Fsp3) is 0.143. The van der Waals surface area contributed by atoms with Crippen LogP contribution in [-0.4, -0.2) is 35.5 Å². The van der Waals surface area contributed by atoms with E-state index in [9.17, 15) is 19.3 Å². The van der Waals surface area contributed by atoms with Gasteiger partial charge in [-0.3, -0.25) is 20.3 Å². The second-order valence-electron chi connectivity index (χ2n) is 4.60. The number of allylic oxidation sites excluding steroid dienone is 1. The van der Waals surface area contributed by atoms with Crippen LogP contribution in [0.2, 0.25) is 0 Å². The molecule has 1 heterocycles. The maximum Gasteiger partial charge on any atom is 0.270 e. The molecule has 1 aliphatic heterocycles. The van der Waals surface area contributed by atoms with Crippen molar-refractivity contribution < 1.29 is 14.1 Å². The largest absolute Gasteiger partial charge is 0.393 e.